The molecule has 0 aromatic heterocycles. The predicted octanol–water partition coefficient (Wildman–Crippen LogP) is 4.87. The van der Waals surface area contributed by atoms with Crippen molar-refractivity contribution in [3.05, 3.63) is 0 Å². The summed E-state index contributed by atoms with van der Waals surface area (Å²) < 4.78 is 0. The van der Waals surface area contributed by atoms with Crippen LogP contribution >= 0.6 is 0 Å². The molecule has 0 bridgehead atoms. The van der Waals surface area contributed by atoms with Crippen molar-refractivity contribution >= 4 is 5.97 Å². The average molecular weight is 407 g/mol. The summed E-state index contributed by atoms with van der Waals surface area (Å²) in [6.07, 6.45) is 8.14. The first-order valence-corrected chi connectivity index (χ1v) is 12.2. The van der Waals surface area contributed by atoms with Crippen LogP contribution in [-0.4, -0.2) is 33.5 Å². The predicted molar refractivity (Wildman–Crippen MR) is 113 cm³/mol. The Morgan fingerprint density at radius 3 is 2.41 bits per heavy atom. The Morgan fingerprint density at radius 2 is 1.76 bits per heavy atom. The molecule has 4 rings (SSSR count). The second-order valence-electron chi connectivity index (χ2n) is 11.8. The standard InChI is InChI=1S/C25H42O4/c1-5-6-15(2)17-7-8-18-21-19(10-11-23(17,18)3)24(4)12-9-16(26)13-25(24,22(28)29)14-20(21)27/h15-21,26-27H,5-14H2,1-4H3,(H,28,29)/t15-,16?,17-,18+,19+,20?,21+,23-,24-,25?/m1/s1. The molecule has 4 aliphatic rings. The molecule has 0 aliphatic heterocycles. The van der Waals surface area contributed by atoms with E-state index in [0.29, 0.717) is 25.2 Å². The number of aliphatic carboxylic acids is 1. The Hall–Kier alpha value is -0.610. The molecule has 3 N–H and O–H groups in total. The molecule has 4 fully saturated rings. The van der Waals surface area contributed by atoms with Gasteiger partial charge in [0.05, 0.1) is 17.6 Å². The Bertz CT molecular complexity index is 649. The number of aliphatic hydroxyl groups is 2. The Kier molecular flexibility index (Phi) is 5.38. The molecular weight excluding hydrogens is 364 g/mol. The van der Waals surface area contributed by atoms with E-state index in [4.69, 9.17) is 0 Å². The highest BCUT2D eigenvalue weighted by Crippen LogP contribution is 2.71. The molecule has 0 aromatic carbocycles. The van der Waals surface area contributed by atoms with Crippen molar-refractivity contribution in [3.8, 4) is 0 Å². The highest BCUT2D eigenvalue weighted by atomic mass is 16.4. The third-order valence-corrected chi connectivity index (χ3v) is 10.7. The highest BCUT2D eigenvalue weighted by molar-refractivity contribution is 5.76. The lowest BCUT2D eigenvalue weighted by atomic mass is 9.39. The number of hydrogen-bond donors (Lipinski definition) is 3. The van der Waals surface area contributed by atoms with Gasteiger partial charge in [0.1, 0.15) is 0 Å². The number of carboxylic acid groups (broad SMARTS) is 1. The number of fused-ring (bicyclic) bond motifs is 5. The van der Waals surface area contributed by atoms with Gasteiger partial charge in [-0.25, -0.2) is 0 Å². The lowest BCUT2D eigenvalue weighted by Gasteiger charge is -2.65. The Labute approximate surface area is 176 Å². The fourth-order valence-electron chi connectivity index (χ4n) is 9.32. The summed E-state index contributed by atoms with van der Waals surface area (Å²) in [5, 5.41) is 32.1. The monoisotopic (exact) mass is 406 g/mol. The van der Waals surface area contributed by atoms with Gasteiger partial charge in [-0.1, -0.05) is 40.5 Å². The molecule has 3 unspecified atom stereocenters. The topological polar surface area (TPSA) is 77.8 Å². The SMILES string of the molecule is CCC[C@@H](C)[C@H]1CC[C@H]2[C@@H]3C(O)CC4(C(=O)O)CC(O)CC[C@]4(C)[C@H]3CC[C@]12C. The molecule has 0 spiro atoms. The van der Waals surface area contributed by atoms with Crippen molar-refractivity contribution in [2.24, 2.45) is 45.8 Å². The van der Waals surface area contributed by atoms with Crippen LogP contribution in [0.1, 0.15) is 91.9 Å². The van der Waals surface area contributed by atoms with Gasteiger partial charge in [0.25, 0.3) is 0 Å². The van der Waals surface area contributed by atoms with E-state index in [9.17, 15) is 20.1 Å². The van der Waals surface area contributed by atoms with Crippen molar-refractivity contribution in [1.29, 1.82) is 0 Å². The number of aliphatic hydroxyl groups excluding tert-OH is 2. The van der Waals surface area contributed by atoms with Crippen molar-refractivity contribution in [3.63, 3.8) is 0 Å². The largest absolute Gasteiger partial charge is 0.481 e. The van der Waals surface area contributed by atoms with E-state index < -0.39 is 23.6 Å². The molecule has 4 nitrogen and oxygen atoms in total. The molecule has 0 saturated heterocycles. The summed E-state index contributed by atoms with van der Waals surface area (Å²) in [5.74, 6) is 1.65. The van der Waals surface area contributed by atoms with E-state index in [1.54, 1.807) is 0 Å². The zero-order chi connectivity index (χ0) is 21.2. The summed E-state index contributed by atoms with van der Waals surface area (Å²) in [4.78, 5) is 12.6. The summed E-state index contributed by atoms with van der Waals surface area (Å²) in [7, 11) is 0. The minimum atomic E-state index is -0.980. The molecule has 0 radical (unpaired) electrons. The number of carbonyl (C=O) groups is 1. The van der Waals surface area contributed by atoms with E-state index in [1.165, 1.54) is 25.7 Å². The van der Waals surface area contributed by atoms with Gasteiger partial charge in [-0.05, 0) is 91.8 Å². The van der Waals surface area contributed by atoms with E-state index >= 15 is 0 Å². The number of rotatable bonds is 4. The minimum Gasteiger partial charge on any atom is -0.481 e. The van der Waals surface area contributed by atoms with Gasteiger partial charge in [0.2, 0.25) is 0 Å². The van der Waals surface area contributed by atoms with Crippen molar-refractivity contribution in [2.45, 2.75) is 104 Å². The maximum Gasteiger partial charge on any atom is 0.310 e. The molecule has 10 atom stereocenters. The summed E-state index contributed by atoms with van der Waals surface area (Å²) in [5.41, 5.74) is -1.02. The van der Waals surface area contributed by atoms with E-state index in [1.807, 2.05) is 0 Å². The fraction of sp³-hybridized carbons (Fsp3) is 0.960. The number of hydrogen-bond acceptors (Lipinski definition) is 3. The summed E-state index contributed by atoms with van der Waals surface area (Å²) in [6, 6.07) is 0. The third-order valence-electron chi connectivity index (χ3n) is 10.7. The van der Waals surface area contributed by atoms with Gasteiger partial charge >= 0.3 is 5.97 Å². The molecule has 29 heavy (non-hydrogen) atoms. The van der Waals surface area contributed by atoms with E-state index in [-0.39, 0.29) is 22.7 Å². The fourth-order valence-corrected chi connectivity index (χ4v) is 9.32. The van der Waals surface area contributed by atoms with Crippen molar-refractivity contribution < 1.29 is 20.1 Å². The smallest absolute Gasteiger partial charge is 0.310 e. The van der Waals surface area contributed by atoms with Gasteiger partial charge in [-0.2, -0.15) is 0 Å². The lowest BCUT2D eigenvalue weighted by molar-refractivity contribution is -0.225. The summed E-state index contributed by atoms with van der Waals surface area (Å²) in [6.45, 7) is 9.36. The van der Waals surface area contributed by atoms with E-state index in [2.05, 4.69) is 27.7 Å². The zero-order valence-corrected chi connectivity index (χ0v) is 18.9. The van der Waals surface area contributed by atoms with Gasteiger partial charge < -0.3 is 15.3 Å². The lowest BCUT2D eigenvalue weighted by Crippen LogP contribution is -2.65. The van der Waals surface area contributed by atoms with Crippen LogP contribution in [0.4, 0.5) is 0 Å². The molecule has 0 amide bonds. The second kappa shape index (κ2) is 7.22. The van der Waals surface area contributed by atoms with Crippen molar-refractivity contribution in [2.75, 3.05) is 0 Å². The van der Waals surface area contributed by atoms with Crippen LogP contribution in [0, 0.1) is 45.8 Å². The molecule has 0 aromatic rings. The van der Waals surface area contributed by atoms with E-state index in [0.717, 1.165) is 31.1 Å². The van der Waals surface area contributed by atoms with Crippen molar-refractivity contribution in [1.82, 2.24) is 0 Å². The maximum atomic E-state index is 12.6. The molecule has 166 valence electrons. The van der Waals surface area contributed by atoms with Crippen LogP contribution in [0.3, 0.4) is 0 Å². The van der Waals surface area contributed by atoms with Gasteiger partial charge in [-0.3, -0.25) is 4.79 Å². The van der Waals surface area contributed by atoms with Crippen LogP contribution in [0.25, 0.3) is 0 Å². The zero-order valence-electron chi connectivity index (χ0n) is 18.9. The third kappa shape index (κ3) is 2.87. The second-order valence-corrected chi connectivity index (χ2v) is 11.8. The molecule has 4 heteroatoms. The first-order valence-electron chi connectivity index (χ1n) is 12.2. The van der Waals surface area contributed by atoms with Crippen LogP contribution in [0.2, 0.25) is 0 Å². The van der Waals surface area contributed by atoms with Crippen LogP contribution in [-0.2, 0) is 4.79 Å². The Balaban J connectivity index is 1.69. The molecular formula is C25H42O4. The van der Waals surface area contributed by atoms with Crippen LogP contribution in [0.5, 0.6) is 0 Å². The normalized spacial score (nSPS) is 52.9. The molecule has 0 heterocycles. The number of carboxylic acids is 1. The highest BCUT2D eigenvalue weighted by Gasteiger charge is 2.69. The quantitative estimate of drug-likeness (QED) is 0.622. The first kappa shape index (κ1) is 21.6. The van der Waals surface area contributed by atoms with Gasteiger partial charge in [-0.15, -0.1) is 0 Å². The Morgan fingerprint density at radius 1 is 1.03 bits per heavy atom. The molecule has 4 aliphatic carbocycles. The van der Waals surface area contributed by atoms with Crippen LogP contribution in [0.15, 0.2) is 0 Å². The first-order chi connectivity index (χ1) is 13.6. The van der Waals surface area contributed by atoms with Crippen LogP contribution < -0.4 is 0 Å². The average Bonchev–Trinajstić information content (AvgIpc) is 3.00. The summed E-state index contributed by atoms with van der Waals surface area (Å²) >= 11 is 0. The maximum absolute atomic E-state index is 12.6. The van der Waals surface area contributed by atoms with Gasteiger partial charge in [0.15, 0.2) is 0 Å². The molecule has 4 saturated carbocycles. The van der Waals surface area contributed by atoms with Gasteiger partial charge in [0, 0.05) is 0 Å². The minimum absolute atomic E-state index is 0.222.